The number of pyridine rings is 2. The van der Waals surface area contributed by atoms with Crippen molar-refractivity contribution in [1.29, 1.82) is 0 Å². The van der Waals surface area contributed by atoms with Gasteiger partial charge in [-0.1, -0.05) is 22.9 Å². The summed E-state index contributed by atoms with van der Waals surface area (Å²) in [7, 11) is 0. The summed E-state index contributed by atoms with van der Waals surface area (Å²) in [5.41, 5.74) is 4.80. The standard InChI is InChI=1S/C26H28ClFN8/c27-24-20(8-29-9-22(24)34-5-1-2-6-34)21-13-36(33-32-21)12-19-11-35-10-18(3-4-23(35)31-19)7-30-17-25-14-26(28,15-25)16-25/h3-4,8-11,13,30H,1-2,5-7,12,14-17H2. The predicted molar refractivity (Wildman–Crippen MR) is 136 cm³/mol. The minimum absolute atomic E-state index is 0.216. The molecule has 0 unspecified atom stereocenters. The number of halogens is 2. The number of nitrogens with zero attached hydrogens (tertiary/aromatic N) is 7. The van der Waals surface area contributed by atoms with Crippen molar-refractivity contribution < 1.29 is 4.39 Å². The lowest BCUT2D eigenvalue weighted by atomic mass is 9.42. The van der Waals surface area contributed by atoms with E-state index in [4.69, 9.17) is 16.6 Å². The molecule has 4 fully saturated rings. The molecule has 186 valence electrons. The van der Waals surface area contributed by atoms with Crippen LogP contribution in [0.4, 0.5) is 10.1 Å². The van der Waals surface area contributed by atoms with Crippen LogP contribution in [0.5, 0.6) is 0 Å². The Labute approximate surface area is 213 Å². The van der Waals surface area contributed by atoms with Crippen molar-refractivity contribution in [2.24, 2.45) is 5.41 Å². The van der Waals surface area contributed by atoms with Gasteiger partial charge in [-0.15, -0.1) is 5.10 Å². The van der Waals surface area contributed by atoms with Crippen molar-refractivity contribution in [3.63, 3.8) is 0 Å². The van der Waals surface area contributed by atoms with Gasteiger partial charge in [-0.3, -0.25) is 4.98 Å². The SMILES string of the molecule is FC12CC(CNCc3ccc4nc(Cn5cc(-c6cncc(N7CCCC7)c6Cl)nn5)cn4c3)(C1)C2. The van der Waals surface area contributed by atoms with Crippen molar-refractivity contribution in [2.45, 2.75) is 50.9 Å². The number of fused-ring (bicyclic) bond motifs is 1. The lowest BCUT2D eigenvalue weighted by Crippen LogP contribution is -2.67. The van der Waals surface area contributed by atoms with E-state index < -0.39 is 5.67 Å². The highest BCUT2D eigenvalue weighted by molar-refractivity contribution is 6.35. The normalized spacial score (nSPS) is 24.8. The minimum Gasteiger partial charge on any atom is -0.369 e. The van der Waals surface area contributed by atoms with Crippen LogP contribution in [-0.2, 0) is 13.1 Å². The molecule has 4 aromatic heterocycles. The first kappa shape index (κ1) is 22.2. The molecule has 2 bridgehead atoms. The van der Waals surface area contributed by atoms with Gasteiger partial charge in [0.25, 0.3) is 0 Å². The maximum absolute atomic E-state index is 13.7. The van der Waals surface area contributed by atoms with E-state index in [0.29, 0.717) is 17.3 Å². The monoisotopic (exact) mass is 506 g/mol. The highest BCUT2D eigenvalue weighted by Crippen LogP contribution is 2.69. The van der Waals surface area contributed by atoms with Gasteiger partial charge in [-0.05, 0) is 49.1 Å². The summed E-state index contributed by atoms with van der Waals surface area (Å²) in [5.74, 6) is 0. The number of nitrogens with one attached hydrogen (secondary N) is 1. The lowest BCUT2D eigenvalue weighted by molar-refractivity contribution is -0.209. The van der Waals surface area contributed by atoms with E-state index in [1.54, 1.807) is 10.9 Å². The number of rotatable bonds is 8. The number of hydrogen-bond acceptors (Lipinski definition) is 6. The Kier molecular flexibility index (Phi) is 5.08. The summed E-state index contributed by atoms with van der Waals surface area (Å²) in [4.78, 5) is 11.4. The van der Waals surface area contributed by atoms with E-state index in [1.165, 1.54) is 18.4 Å². The Hall–Kier alpha value is -3.04. The van der Waals surface area contributed by atoms with Crippen LogP contribution in [0.15, 0.2) is 43.1 Å². The molecule has 4 aliphatic rings. The number of alkyl halides is 1. The van der Waals surface area contributed by atoms with E-state index in [-0.39, 0.29) is 5.41 Å². The highest BCUT2D eigenvalue weighted by atomic mass is 35.5. The third-order valence-electron chi connectivity index (χ3n) is 7.91. The molecule has 0 aromatic carbocycles. The third kappa shape index (κ3) is 3.85. The topological polar surface area (TPSA) is 76.2 Å². The molecule has 0 radical (unpaired) electrons. The molecule has 4 aromatic rings. The van der Waals surface area contributed by atoms with Gasteiger partial charge in [0.05, 0.1) is 35.3 Å². The zero-order chi connectivity index (χ0) is 24.3. The Morgan fingerprint density at radius 2 is 1.89 bits per heavy atom. The van der Waals surface area contributed by atoms with Gasteiger partial charge >= 0.3 is 0 Å². The van der Waals surface area contributed by atoms with Crippen LogP contribution >= 0.6 is 11.6 Å². The molecule has 5 heterocycles. The first-order chi connectivity index (χ1) is 17.5. The van der Waals surface area contributed by atoms with E-state index in [9.17, 15) is 4.39 Å². The Balaban J connectivity index is 1.03. The van der Waals surface area contributed by atoms with E-state index in [0.717, 1.165) is 68.0 Å². The summed E-state index contributed by atoms with van der Waals surface area (Å²) in [6.07, 6.45) is 14.1. The van der Waals surface area contributed by atoms with Gasteiger partial charge < -0.3 is 14.6 Å². The molecular formula is C26H28ClFN8. The molecule has 0 amide bonds. The second-order valence-electron chi connectivity index (χ2n) is 10.8. The summed E-state index contributed by atoms with van der Waals surface area (Å²) in [5, 5.41) is 12.9. The maximum atomic E-state index is 13.7. The Morgan fingerprint density at radius 1 is 1.06 bits per heavy atom. The van der Waals surface area contributed by atoms with Crippen LogP contribution in [0.3, 0.4) is 0 Å². The highest BCUT2D eigenvalue weighted by Gasteiger charge is 2.68. The molecule has 0 atom stereocenters. The van der Waals surface area contributed by atoms with Crippen LogP contribution in [0.25, 0.3) is 16.9 Å². The molecular weight excluding hydrogens is 479 g/mol. The van der Waals surface area contributed by atoms with Gasteiger partial charge in [-0.25, -0.2) is 14.1 Å². The Bertz CT molecular complexity index is 1420. The first-order valence-electron chi connectivity index (χ1n) is 12.6. The fraction of sp³-hybridized carbons (Fsp3) is 0.462. The molecule has 8 nitrogen and oxygen atoms in total. The molecule has 1 aliphatic heterocycles. The average molecular weight is 507 g/mol. The van der Waals surface area contributed by atoms with Crippen LogP contribution in [0, 0.1) is 5.41 Å². The lowest BCUT2D eigenvalue weighted by Gasteiger charge is -2.66. The molecule has 3 saturated carbocycles. The van der Waals surface area contributed by atoms with Crippen LogP contribution < -0.4 is 10.2 Å². The second kappa shape index (κ2) is 8.24. The van der Waals surface area contributed by atoms with Crippen LogP contribution in [0.2, 0.25) is 5.02 Å². The number of aromatic nitrogens is 6. The fourth-order valence-electron chi connectivity index (χ4n) is 6.25. The first-order valence-corrected chi connectivity index (χ1v) is 13.0. The second-order valence-corrected chi connectivity index (χ2v) is 11.2. The van der Waals surface area contributed by atoms with Gasteiger partial charge in [-0.2, -0.15) is 0 Å². The van der Waals surface area contributed by atoms with E-state index in [2.05, 4.69) is 37.8 Å². The zero-order valence-corrected chi connectivity index (χ0v) is 20.8. The smallest absolute Gasteiger partial charge is 0.137 e. The summed E-state index contributed by atoms with van der Waals surface area (Å²) in [6.45, 7) is 4.17. The molecule has 1 saturated heterocycles. The summed E-state index contributed by atoms with van der Waals surface area (Å²) < 4.78 is 17.5. The Morgan fingerprint density at radius 3 is 2.69 bits per heavy atom. The number of anilines is 1. The third-order valence-corrected chi connectivity index (χ3v) is 8.31. The van der Waals surface area contributed by atoms with Crippen LogP contribution in [-0.4, -0.2) is 54.7 Å². The van der Waals surface area contributed by atoms with E-state index in [1.807, 2.05) is 29.1 Å². The fourth-order valence-corrected chi connectivity index (χ4v) is 6.56. The van der Waals surface area contributed by atoms with Gasteiger partial charge in [0.2, 0.25) is 0 Å². The quantitative estimate of drug-likeness (QED) is 0.384. The maximum Gasteiger partial charge on any atom is 0.137 e. The minimum atomic E-state index is -0.834. The van der Waals surface area contributed by atoms with Crippen molar-refractivity contribution in [3.8, 4) is 11.3 Å². The van der Waals surface area contributed by atoms with E-state index >= 15 is 0 Å². The van der Waals surface area contributed by atoms with Gasteiger partial charge in [0, 0.05) is 50.3 Å². The molecule has 1 N–H and O–H groups in total. The largest absolute Gasteiger partial charge is 0.369 e. The van der Waals surface area contributed by atoms with Crippen molar-refractivity contribution in [3.05, 3.63) is 59.4 Å². The predicted octanol–water partition coefficient (Wildman–Crippen LogP) is 4.27. The molecule has 36 heavy (non-hydrogen) atoms. The van der Waals surface area contributed by atoms with Crippen molar-refractivity contribution in [2.75, 3.05) is 24.5 Å². The molecule has 0 spiro atoms. The summed E-state index contributed by atoms with van der Waals surface area (Å²) in [6, 6.07) is 4.12. The number of hydrogen-bond donors (Lipinski definition) is 1. The molecule has 10 heteroatoms. The summed E-state index contributed by atoms with van der Waals surface area (Å²) >= 11 is 6.75. The van der Waals surface area contributed by atoms with Gasteiger partial charge in [0.1, 0.15) is 17.0 Å². The number of imidazole rings is 1. The average Bonchev–Trinajstić information content (AvgIpc) is 3.58. The van der Waals surface area contributed by atoms with Crippen molar-refractivity contribution >= 4 is 22.9 Å². The zero-order valence-electron chi connectivity index (χ0n) is 20.0. The van der Waals surface area contributed by atoms with Crippen molar-refractivity contribution in [1.82, 2.24) is 34.7 Å². The van der Waals surface area contributed by atoms with Gasteiger partial charge in [0.15, 0.2) is 0 Å². The molecule has 3 aliphatic carbocycles. The molecule has 8 rings (SSSR count). The van der Waals surface area contributed by atoms with Crippen LogP contribution in [0.1, 0.15) is 43.4 Å².